The molecule has 0 spiro atoms. The highest BCUT2D eigenvalue weighted by molar-refractivity contribution is 6.31. The van der Waals surface area contributed by atoms with E-state index in [-0.39, 0.29) is 5.78 Å². The van der Waals surface area contributed by atoms with Crippen LogP contribution in [0.1, 0.15) is 41.6 Å². The van der Waals surface area contributed by atoms with Crippen LogP contribution in [-0.2, 0) is 4.79 Å². The lowest BCUT2D eigenvalue weighted by molar-refractivity contribution is -0.144. The Morgan fingerprint density at radius 2 is 1.84 bits per heavy atom. The minimum Gasteiger partial charge on any atom is -0.481 e. The van der Waals surface area contributed by atoms with Crippen LogP contribution in [0.25, 0.3) is 0 Å². The maximum Gasteiger partial charge on any atom is 0.307 e. The summed E-state index contributed by atoms with van der Waals surface area (Å²) in [5.41, 5.74) is 1.30. The van der Waals surface area contributed by atoms with E-state index in [0.29, 0.717) is 23.4 Å². The minimum absolute atomic E-state index is 0.0768. The molecule has 2 atom stereocenters. The van der Waals surface area contributed by atoms with E-state index in [1.807, 2.05) is 0 Å². The normalized spacial score (nSPS) is 23.1. The standard InChI is InChI=1S/C15H17ClO3/c1-9-10(7-4-8-13(9)16)14(17)11-5-2-3-6-12(11)15(18)19/h4,7-8,11-12H,2-3,5-6H2,1H3,(H,18,19). The molecule has 1 aliphatic carbocycles. The summed E-state index contributed by atoms with van der Waals surface area (Å²) in [5.74, 6) is -1.91. The number of aliphatic carboxylic acids is 1. The summed E-state index contributed by atoms with van der Waals surface area (Å²) >= 11 is 6.03. The molecule has 1 aromatic rings. The van der Waals surface area contributed by atoms with Gasteiger partial charge < -0.3 is 5.11 Å². The Morgan fingerprint density at radius 3 is 2.47 bits per heavy atom. The third-order valence-electron chi connectivity index (χ3n) is 3.95. The predicted octanol–water partition coefficient (Wildman–Crippen LogP) is 3.72. The molecule has 102 valence electrons. The molecule has 0 radical (unpaired) electrons. The number of carbonyl (C=O) groups is 2. The number of carboxylic acids is 1. The molecule has 0 saturated heterocycles. The SMILES string of the molecule is Cc1c(Cl)cccc1C(=O)C1CCCCC1C(=O)O. The van der Waals surface area contributed by atoms with Gasteiger partial charge in [0.15, 0.2) is 5.78 Å². The molecule has 2 unspecified atom stereocenters. The van der Waals surface area contributed by atoms with Gasteiger partial charge >= 0.3 is 5.97 Å². The van der Waals surface area contributed by atoms with Gasteiger partial charge in [-0.2, -0.15) is 0 Å². The first-order valence-electron chi connectivity index (χ1n) is 6.54. The zero-order valence-corrected chi connectivity index (χ0v) is 11.6. The minimum atomic E-state index is -0.863. The zero-order valence-electron chi connectivity index (χ0n) is 10.9. The van der Waals surface area contributed by atoms with Crippen molar-refractivity contribution in [2.75, 3.05) is 0 Å². The van der Waals surface area contributed by atoms with Crippen LogP contribution < -0.4 is 0 Å². The molecule has 0 amide bonds. The Morgan fingerprint density at radius 1 is 1.21 bits per heavy atom. The number of benzene rings is 1. The third kappa shape index (κ3) is 2.81. The van der Waals surface area contributed by atoms with Crippen molar-refractivity contribution in [3.63, 3.8) is 0 Å². The van der Waals surface area contributed by atoms with Gasteiger partial charge in [-0.15, -0.1) is 0 Å². The summed E-state index contributed by atoms with van der Waals surface area (Å²) in [5, 5.41) is 9.80. The molecular formula is C15H17ClO3. The zero-order chi connectivity index (χ0) is 14.0. The second-order valence-corrected chi connectivity index (χ2v) is 5.52. The van der Waals surface area contributed by atoms with Crippen molar-refractivity contribution in [2.45, 2.75) is 32.6 Å². The summed E-state index contributed by atoms with van der Waals surface area (Å²) in [4.78, 5) is 23.8. The van der Waals surface area contributed by atoms with Gasteiger partial charge in [0.2, 0.25) is 0 Å². The molecule has 0 aliphatic heterocycles. The molecule has 1 N–H and O–H groups in total. The fourth-order valence-corrected chi connectivity index (χ4v) is 2.99. The number of Topliss-reactive ketones (excluding diaryl/α,β-unsaturated/α-hetero) is 1. The summed E-state index contributed by atoms with van der Waals surface area (Å²) in [7, 11) is 0. The highest BCUT2D eigenvalue weighted by Gasteiger charge is 2.36. The van der Waals surface area contributed by atoms with Gasteiger partial charge in [0, 0.05) is 16.5 Å². The first-order chi connectivity index (χ1) is 9.02. The molecule has 1 saturated carbocycles. The molecule has 0 bridgehead atoms. The van der Waals surface area contributed by atoms with Crippen LogP contribution in [-0.4, -0.2) is 16.9 Å². The highest BCUT2D eigenvalue weighted by atomic mass is 35.5. The quantitative estimate of drug-likeness (QED) is 0.859. The average Bonchev–Trinajstić information content (AvgIpc) is 2.41. The number of halogens is 1. The highest BCUT2D eigenvalue weighted by Crippen LogP contribution is 2.34. The molecule has 2 rings (SSSR count). The fraction of sp³-hybridized carbons (Fsp3) is 0.467. The van der Waals surface area contributed by atoms with Crippen molar-refractivity contribution in [1.82, 2.24) is 0 Å². The predicted molar refractivity (Wildman–Crippen MR) is 73.6 cm³/mol. The van der Waals surface area contributed by atoms with Gasteiger partial charge in [0.25, 0.3) is 0 Å². The smallest absolute Gasteiger partial charge is 0.307 e. The Kier molecular flexibility index (Phi) is 4.25. The lowest BCUT2D eigenvalue weighted by atomic mass is 9.75. The van der Waals surface area contributed by atoms with Crippen LogP contribution in [0.3, 0.4) is 0 Å². The van der Waals surface area contributed by atoms with Gasteiger partial charge in [0.05, 0.1) is 5.92 Å². The molecule has 0 aromatic heterocycles. The van der Waals surface area contributed by atoms with Gasteiger partial charge in [-0.25, -0.2) is 0 Å². The first kappa shape index (κ1) is 14.1. The number of hydrogen-bond acceptors (Lipinski definition) is 2. The summed E-state index contributed by atoms with van der Waals surface area (Å²) in [6, 6.07) is 5.21. The lowest BCUT2D eigenvalue weighted by Gasteiger charge is -2.27. The fourth-order valence-electron chi connectivity index (χ4n) is 2.81. The van der Waals surface area contributed by atoms with Crippen LogP contribution in [0, 0.1) is 18.8 Å². The van der Waals surface area contributed by atoms with E-state index in [9.17, 15) is 14.7 Å². The van der Waals surface area contributed by atoms with E-state index in [4.69, 9.17) is 11.6 Å². The number of carbonyl (C=O) groups excluding carboxylic acids is 1. The average molecular weight is 281 g/mol. The van der Waals surface area contributed by atoms with Crippen LogP contribution in [0.15, 0.2) is 18.2 Å². The van der Waals surface area contributed by atoms with Crippen LogP contribution in [0.4, 0.5) is 0 Å². The number of ketones is 1. The van der Waals surface area contributed by atoms with Crippen LogP contribution in [0.5, 0.6) is 0 Å². The van der Waals surface area contributed by atoms with Gasteiger partial charge in [-0.3, -0.25) is 9.59 Å². The van der Waals surface area contributed by atoms with Crippen molar-refractivity contribution in [2.24, 2.45) is 11.8 Å². The maximum atomic E-state index is 12.6. The number of carboxylic acid groups (broad SMARTS) is 1. The summed E-state index contributed by atoms with van der Waals surface area (Å²) in [6.07, 6.45) is 3.04. The molecule has 3 nitrogen and oxygen atoms in total. The van der Waals surface area contributed by atoms with Gasteiger partial charge in [0.1, 0.15) is 0 Å². The third-order valence-corrected chi connectivity index (χ3v) is 4.36. The largest absolute Gasteiger partial charge is 0.481 e. The van der Waals surface area contributed by atoms with Crippen molar-refractivity contribution < 1.29 is 14.7 Å². The second kappa shape index (κ2) is 5.74. The first-order valence-corrected chi connectivity index (χ1v) is 6.92. The number of hydrogen-bond donors (Lipinski definition) is 1. The van der Waals surface area contributed by atoms with Crippen molar-refractivity contribution in [3.05, 3.63) is 34.3 Å². The summed E-state index contributed by atoms with van der Waals surface area (Å²) < 4.78 is 0. The van der Waals surface area contributed by atoms with Crippen LogP contribution in [0.2, 0.25) is 5.02 Å². The van der Waals surface area contributed by atoms with E-state index in [1.165, 1.54) is 0 Å². The molecule has 1 aliphatic rings. The van der Waals surface area contributed by atoms with Gasteiger partial charge in [-0.1, -0.05) is 36.6 Å². The lowest BCUT2D eigenvalue weighted by Crippen LogP contribution is -2.33. The Balaban J connectivity index is 2.31. The molecule has 19 heavy (non-hydrogen) atoms. The Hall–Kier alpha value is -1.35. The van der Waals surface area contributed by atoms with E-state index in [2.05, 4.69) is 0 Å². The van der Waals surface area contributed by atoms with E-state index in [1.54, 1.807) is 25.1 Å². The molecule has 0 heterocycles. The molecular weight excluding hydrogens is 264 g/mol. The number of rotatable bonds is 3. The van der Waals surface area contributed by atoms with Crippen LogP contribution >= 0.6 is 11.6 Å². The van der Waals surface area contributed by atoms with Crippen molar-refractivity contribution in [1.29, 1.82) is 0 Å². The van der Waals surface area contributed by atoms with Crippen molar-refractivity contribution in [3.8, 4) is 0 Å². The van der Waals surface area contributed by atoms with Crippen molar-refractivity contribution >= 4 is 23.4 Å². The molecule has 4 heteroatoms. The Bertz CT molecular complexity index is 510. The van der Waals surface area contributed by atoms with E-state index < -0.39 is 17.8 Å². The Labute approximate surface area is 117 Å². The van der Waals surface area contributed by atoms with E-state index >= 15 is 0 Å². The molecule has 1 aromatic carbocycles. The second-order valence-electron chi connectivity index (χ2n) is 5.11. The topological polar surface area (TPSA) is 54.4 Å². The van der Waals surface area contributed by atoms with E-state index in [0.717, 1.165) is 18.4 Å². The molecule has 1 fully saturated rings. The maximum absolute atomic E-state index is 12.6. The summed E-state index contributed by atoms with van der Waals surface area (Å²) in [6.45, 7) is 1.80. The monoisotopic (exact) mass is 280 g/mol. The van der Waals surface area contributed by atoms with Gasteiger partial charge in [-0.05, 0) is 31.4 Å².